The average molecular weight is 144 g/mol. The standard InChI is InChI=1S/C7H12O3/c1-6(8)9-4-2-3-7-5-10-7/h7H,2-5H2,1H3/t7-/m1/s1. The smallest absolute Gasteiger partial charge is 0.302 e. The van der Waals surface area contributed by atoms with E-state index < -0.39 is 0 Å². The molecule has 0 radical (unpaired) electrons. The number of esters is 1. The van der Waals surface area contributed by atoms with Gasteiger partial charge >= 0.3 is 5.97 Å². The summed E-state index contributed by atoms with van der Waals surface area (Å²) in [6.07, 6.45) is 2.40. The molecule has 0 aromatic rings. The predicted octanol–water partition coefficient (Wildman–Crippen LogP) is 0.729. The van der Waals surface area contributed by atoms with Crippen LogP contribution in [-0.4, -0.2) is 25.3 Å². The molecule has 0 spiro atoms. The third-order valence-electron chi connectivity index (χ3n) is 1.38. The number of epoxide rings is 1. The lowest BCUT2D eigenvalue weighted by Crippen LogP contribution is -2.01. The van der Waals surface area contributed by atoms with E-state index in [1.165, 1.54) is 6.92 Å². The highest BCUT2D eigenvalue weighted by Gasteiger charge is 2.21. The Balaban J connectivity index is 1.80. The van der Waals surface area contributed by atoms with Gasteiger partial charge in [-0.2, -0.15) is 0 Å². The van der Waals surface area contributed by atoms with Gasteiger partial charge in [-0.15, -0.1) is 0 Å². The van der Waals surface area contributed by atoms with Gasteiger partial charge in [0.25, 0.3) is 0 Å². The predicted molar refractivity (Wildman–Crippen MR) is 35.6 cm³/mol. The Morgan fingerprint density at radius 3 is 3.00 bits per heavy atom. The van der Waals surface area contributed by atoms with E-state index >= 15 is 0 Å². The third-order valence-corrected chi connectivity index (χ3v) is 1.38. The molecule has 1 aliphatic rings. The fourth-order valence-electron chi connectivity index (χ4n) is 0.762. The normalized spacial score (nSPS) is 22.3. The molecule has 1 fully saturated rings. The second-order valence-corrected chi connectivity index (χ2v) is 2.44. The molecule has 0 aliphatic carbocycles. The molecule has 3 heteroatoms. The van der Waals surface area contributed by atoms with E-state index in [9.17, 15) is 4.79 Å². The molecule has 0 aromatic heterocycles. The molecule has 10 heavy (non-hydrogen) atoms. The molecule has 1 rings (SSSR count). The molecular formula is C7H12O3. The maximum Gasteiger partial charge on any atom is 0.302 e. The minimum absolute atomic E-state index is 0.197. The zero-order chi connectivity index (χ0) is 7.40. The minimum atomic E-state index is -0.197. The molecule has 3 nitrogen and oxygen atoms in total. The quantitative estimate of drug-likeness (QED) is 0.331. The van der Waals surface area contributed by atoms with Crippen LogP contribution in [0, 0.1) is 0 Å². The van der Waals surface area contributed by atoms with Gasteiger partial charge in [0, 0.05) is 6.92 Å². The van der Waals surface area contributed by atoms with E-state index in [-0.39, 0.29) is 5.97 Å². The van der Waals surface area contributed by atoms with Crippen molar-refractivity contribution in [1.29, 1.82) is 0 Å². The van der Waals surface area contributed by atoms with Crippen molar-refractivity contribution in [3.63, 3.8) is 0 Å². The number of rotatable bonds is 4. The number of carbonyl (C=O) groups is 1. The third kappa shape index (κ3) is 3.45. The fourth-order valence-corrected chi connectivity index (χ4v) is 0.762. The molecule has 0 N–H and O–H groups in total. The SMILES string of the molecule is CC(=O)OCCC[C@@H]1CO1. The first-order valence-electron chi connectivity index (χ1n) is 3.54. The van der Waals surface area contributed by atoms with Crippen LogP contribution in [0.25, 0.3) is 0 Å². The van der Waals surface area contributed by atoms with Gasteiger partial charge in [0.1, 0.15) is 0 Å². The molecule has 1 atom stereocenters. The van der Waals surface area contributed by atoms with Crippen molar-refractivity contribution in [3.05, 3.63) is 0 Å². The molecule has 0 amide bonds. The second-order valence-electron chi connectivity index (χ2n) is 2.44. The van der Waals surface area contributed by atoms with Crippen LogP contribution in [0.1, 0.15) is 19.8 Å². The summed E-state index contributed by atoms with van der Waals surface area (Å²) in [6.45, 7) is 2.85. The van der Waals surface area contributed by atoms with E-state index in [0.717, 1.165) is 19.4 Å². The fraction of sp³-hybridized carbons (Fsp3) is 0.857. The van der Waals surface area contributed by atoms with Gasteiger partial charge in [0.15, 0.2) is 0 Å². The Morgan fingerprint density at radius 1 is 1.80 bits per heavy atom. The van der Waals surface area contributed by atoms with Crippen molar-refractivity contribution < 1.29 is 14.3 Å². The van der Waals surface area contributed by atoms with E-state index in [1.54, 1.807) is 0 Å². The van der Waals surface area contributed by atoms with Gasteiger partial charge in [-0.1, -0.05) is 0 Å². The van der Waals surface area contributed by atoms with Crippen LogP contribution in [0.4, 0.5) is 0 Å². The highest BCUT2D eigenvalue weighted by molar-refractivity contribution is 5.65. The molecule has 0 aromatic carbocycles. The van der Waals surface area contributed by atoms with Crippen LogP contribution in [0.3, 0.4) is 0 Å². The Labute approximate surface area is 60.3 Å². The van der Waals surface area contributed by atoms with Gasteiger partial charge in [-0.05, 0) is 12.8 Å². The summed E-state index contributed by atoms with van der Waals surface area (Å²) in [5, 5.41) is 0. The van der Waals surface area contributed by atoms with Crippen molar-refractivity contribution in [3.8, 4) is 0 Å². The summed E-state index contributed by atoms with van der Waals surface area (Å²) in [5.41, 5.74) is 0. The molecule has 0 unspecified atom stereocenters. The van der Waals surface area contributed by atoms with Crippen LogP contribution in [-0.2, 0) is 14.3 Å². The molecule has 1 aliphatic heterocycles. The Hall–Kier alpha value is -0.570. The van der Waals surface area contributed by atoms with Crippen molar-refractivity contribution in [2.75, 3.05) is 13.2 Å². The first-order chi connectivity index (χ1) is 4.79. The van der Waals surface area contributed by atoms with E-state index in [1.807, 2.05) is 0 Å². The van der Waals surface area contributed by atoms with Gasteiger partial charge in [-0.3, -0.25) is 4.79 Å². The lowest BCUT2D eigenvalue weighted by Gasteiger charge is -1.98. The van der Waals surface area contributed by atoms with Crippen molar-refractivity contribution >= 4 is 5.97 Å². The topological polar surface area (TPSA) is 38.8 Å². The van der Waals surface area contributed by atoms with Crippen molar-refractivity contribution in [2.45, 2.75) is 25.9 Å². The average Bonchev–Trinajstić information content (AvgIpc) is 2.62. The summed E-state index contributed by atoms with van der Waals surface area (Å²) in [4.78, 5) is 10.3. The summed E-state index contributed by atoms with van der Waals surface area (Å²) in [6, 6.07) is 0. The molecule has 1 heterocycles. The van der Waals surface area contributed by atoms with Crippen LogP contribution in [0.5, 0.6) is 0 Å². The van der Waals surface area contributed by atoms with E-state index in [0.29, 0.717) is 12.7 Å². The van der Waals surface area contributed by atoms with E-state index in [2.05, 4.69) is 0 Å². The highest BCUT2D eigenvalue weighted by atomic mass is 16.6. The summed E-state index contributed by atoms with van der Waals surface area (Å²) in [7, 11) is 0. The van der Waals surface area contributed by atoms with Gasteiger partial charge in [-0.25, -0.2) is 0 Å². The molecule has 0 bridgehead atoms. The first-order valence-corrected chi connectivity index (χ1v) is 3.54. The number of hydrogen-bond donors (Lipinski definition) is 0. The molecule has 58 valence electrons. The van der Waals surface area contributed by atoms with Gasteiger partial charge in [0.2, 0.25) is 0 Å². The maximum absolute atomic E-state index is 10.3. The monoisotopic (exact) mass is 144 g/mol. The lowest BCUT2D eigenvalue weighted by molar-refractivity contribution is -0.141. The number of carbonyl (C=O) groups excluding carboxylic acids is 1. The van der Waals surface area contributed by atoms with Crippen LogP contribution >= 0.6 is 0 Å². The minimum Gasteiger partial charge on any atom is -0.466 e. The van der Waals surface area contributed by atoms with Crippen LogP contribution < -0.4 is 0 Å². The van der Waals surface area contributed by atoms with Crippen LogP contribution in [0.15, 0.2) is 0 Å². The molecular weight excluding hydrogens is 132 g/mol. The van der Waals surface area contributed by atoms with E-state index in [4.69, 9.17) is 9.47 Å². The Morgan fingerprint density at radius 2 is 2.50 bits per heavy atom. The number of ether oxygens (including phenoxy) is 2. The van der Waals surface area contributed by atoms with Crippen molar-refractivity contribution in [1.82, 2.24) is 0 Å². The Bertz CT molecular complexity index is 118. The first kappa shape index (κ1) is 7.54. The summed E-state index contributed by atoms with van der Waals surface area (Å²) < 4.78 is 9.70. The summed E-state index contributed by atoms with van der Waals surface area (Å²) >= 11 is 0. The van der Waals surface area contributed by atoms with Gasteiger partial charge in [0.05, 0.1) is 19.3 Å². The Kier molecular flexibility index (Phi) is 2.68. The number of hydrogen-bond acceptors (Lipinski definition) is 3. The molecule has 0 saturated carbocycles. The molecule has 1 saturated heterocycles. The lowest BCUT2D eigenvalue weighted by atomic mass is 10.3. The largest absolute Gasteiger partial charge is 0.466 e. The van der Waals surface area contributed by atoms with Crippen molar-refractivity contribution in [2.24, 2.45) is 0 Å². The zero-order valence-electron chi connectivity index (χ0n) is 6.13. The van der Waals surface area contributed by atoms with Gasteiger partial charge < -0.3 is 9.47 Å². The van der Waals surface area contributed by atoms with Crippen LogP contribution in [0.2, 0.25) is 0 Å². The summed E-state index contributed by atoms with van der Waals surface area (Å²) in [5.74, 6) is -0.197. The maximum atomic E-state index is 10.3. The highest BCUT2D eigenvalue weighted by Crippen LogP contribution is 2.14. The second kappa shape index (κ2) is 3.56. The zero-order valence-corrected chi connectivity index (χ0v) is 6.13.